The Labute approximate surface area is 175 Å². The van der Waals surface area contributed by atoms with Crippen molar-refractivity contribution in [2.24, 2.45) is 0 Å². The third-order valence-corrected chi connectivity index (χ3v) is 6.52. The predicted octanol–water partition coefficient (Wildman–Crippen LogP) is 5.92. The fourth-order valence-corrected chi connectivity index (χ4v) is 4.99. The van der Waals surface area contributed by atoms with E-state index in [1.54, 1.807) is 35.4 Å². The monoisotopic (exact) mass is 456 g/mol. The highest BCUT2D eigenvalue weighted by Crippen LogP contribution is 2.34. The second-order valence-corrected chi connectivity index (χ2v) is 8.42. The molecule has 0 saturated heterocycles. The molecule has 2 aromatic heterocycles. The molecule has 0 fully saturated rings. The number of thiophene rings is 1. The summed E-state index contributed by atoms with van der Waals surface area (Å²) in [5.74, 6) is -0.359. The number of benzene rings is 2. The van der Waals surface area contributed by atoms with E-state index < -0.39 is 0 Å². The maximum absolute atomic E-state index is 14.3. The van der Waals surface area contributed by atoms with Gasteiger partial charge in [0, 0.05) is 24.5 Å². The minimum atomic E-state index is -0.272. The lowest BCUT2D eigenvalue weighted by molar-refractivity contribution is 0.0775. The minimum absolute atomic E-state index is 0.0875. The highest BCUT2D eigenvalue weighted by Gasteiger charge is 2.22. The Balaban J connectivity index is 1.72. The van der Waals surface area contributed by atoms with Crippen LogP contribution in [0.1, 0.15) is 21.6 Å². The number of halogens is 2. The first-order valence-electron chi connectivity index (χ1n) is 8.83. The van der Waals surface area contributed by atoms with Crippen LogP contribution in [-0.4, -0.2) is 22.4 Å². The van der Waals surface area contributed by atoms with Crippen LogP contribution in [0.3, 0.4) is 0 Å². The molecular formula is C22H18BrFN2OS. The van der Waals surface area contributed by atoms with Crippen LogP contribution in [0.15, 0.2) is 70.5 Å². The Kier molecular flexibility index (Phi) is 5.33. The average molecular weight is 457 g/mol. The molecule has 0 N–H and O–H groups in total. The van der Waals surface area contributed by atoms with Crippen LogP contribution in [0.4, 0.5) is 4.39 Å². The molecule has 1 amide bonds. The van der Waals surface area contributed by atoms with Gasteiger partial charge < -0.3 is 9.47 Å². The van der Waals surface area contributed by atoms with Gasteiger partial charge >= 0.3 is 0 Å². The smallest absolute Gasteiger partial charge is 0.270 e. The van der Waals surface area contributed by atoms with Crippen LogP contribution in [0.5, 0.6) is 0 Å². The summed E-state index contributed by atoms with van der Waals surface area (Å²) >= 11 is 5.14. The summed E-state index contributed by atoms with van der Waals surface area (Å²) in [7, 11) is 1.79. The summed E-state index contributed by atoms with van der Waals surface area (Å²) in [6.07, 6.45) is 0. The van der Waals surface area contributed by atoms with Crippen molar-refractivity contribution < 1.29 is 9.18 Å². The molecule has 142 valence electrons. The SMILES string of the molecule is CN(Cc1ccccc1)C(=O)c1cc2scc(Br)c2n1Cc1ccccc1F. The maximum atomic E-state index is 14.3. The highest BCUT2D eigenvalue weighted by atomic mass is 79.9. The van der Waals surface area contributed by atoms with E-state index >= 15 is 0 Å². The Hall–Kier alpha value is -2.44. The van der Waals surface area contributed by atoms with E-state index in [0.717, 1.165) is 20.3 Å². The number of aromatic nitrogens is 1. The first kappa shape index (κ1) is 18.9. The number of amides is 1. The van der Waals surface area contributed by atoms with Crippen molar-refractivity contribution in [2.75, 3.05) is 7.05 Å². The molecule has 3 nitrogen and oxygen atoms in total. The zero-order valence-electron chi connectivity index (χ0n) is 15.2. The first-order valence-corrected chi connectivity index (χ1v) is 10.5. The van der Waals surface area contributed by atoms with E-state index in [-0.39, 0.29) is 11.7 Å². The number of hydrogen-bond donors (Lipinski definition) is 0. The van der Waals surface area contributed by atoms with Crippen molar-refractivity contribution in [3.8, 4) is 0 Å². The molecule has 4 aromatic rings. The summed E-state index contributed by atoms with van der Waals surface area (Å²) in [5, 5.41) is 1.99. The van der Waals surface area contributed by atoms with E-state index in [4.69, 9.17) is 0 Å². The second-order valence-electron chi connectivity index (χ2n) is 6.65. The number of hydrogen-bond acceptors (Lipinski definition) is 2. The van der Waals surface area contributed by atoms with Gasteiger partial charge in [0.15, 0.2) is 0 Å². The van der Waals surface area contributed by atoms with Crippen LogP contribution in [0.2, 0.25) is 0 Å². The first-order chi connectivity index (χ1) is 13.5. The fourth-order valence-electron chi connectivity index (χ4n) is 3.29. The summed E-state index contributed by atoms with van der Waals surface area (Å²) in [6, 6.07) is 18.4. The molecule has 6 heteroatoms. The zero-order valence-corrected chi connectivity index (χ0v) is 17.6. The number of rotatable bonds is 5. The molecule has 0 aliphatic carbocycles. The lowest BCUT2D eigenvalue weighted by Crippen LogP contribution is -2.28. The quantitative estimate of drug-likeness (QED) is 0.365. The van der Waals surface area contributed by atoms with E-state index in [9.17, 15) is 9.18 Å². The Bertz CT molecular complexity index is 1140. The predicted molar refractivity (Wildman–Crippen MR) is 115 cm³/mol. The van der Waals surface area contributed by atoms with Crippen LogP contribution in [0.25, 0.3) is 10.2 Å². The van der Waals surface area contributed by atoms with Crippen LogP contribution in [0, 0.1) is 5.82 Å². The number of nitrogens with zero attached hydrogens (tertiary/aromatic N) is 2. The zero-order chi connectivity index (χ0) is 19.7. The van der Waals surface area contributed by atoms with Gasteiger partial charge in [-0.15, -0.1) is 11.3 Å². The average Bonchev–Trinajstić information content (AvgIpc) is 3.24. The molecule has 4 rings (SSSR count). The summed E-state index contributed by atoms with van der Waals surface area (Å²) < 4.78 is 18.1. The van der Waals surface area contributed by atoms with E-state index in [1.165, 1.54) is 6.07 Å². The van der Waals surface area contributed by atoms with Crippen LogP contribution >= 0.6 is 27.3 Å². The Morgan fingerprint density at radius 1 is 1.14 bits per heavy atom. The normalized spacial score (nSPS) is 11.1. The minimum Gasteiger partial charge on any atom is -0.336 e. The molecule has 0 spiro atoms. The molecule has 0 radical (unpaired) electrons. The molecule has 0 saturated carbocycles. The summed E-state index contributed by atoms with van der Waals surface area (Å²) in [6.45, 7) is 0.811. The highest BCUT2D eigenvalue weighted by molar-refractivity contribution is 9.10. The van der Waals surface area contributed by atoms with E-state index in [2.05, 4.69) is 15.9 Å². The van der Waals surface area contributed by atoms with Gasteiger partial charge in [0.2, 0.25) is 0 Å². The molecule has 0 aliphatic rings. The number of fused-ring (bicyclic) bond motifs is 1. The maximum Gasteiger partial charge on any atom is 0.270 e. The van der Waals surface area contributed by atoms with E-state index in [1.807, 2.05) is 52.4 Å². The summed E-state index contributed by atoms with van der Waals surface area (Å²) in [5.41, 5.74) is 3.10. The van der Waals surface area contributed by atoms with E-state index in [0.29, 0.717) is 24.3 Å². The van der Waals surface area contributed by atoms with Gasteiger partial charge in [-0.2, -0.15) is 0 Å². The van der Waals surface area contributed by atoms with Gasteiger partial charge in [-0.25, -0.2) is 4.39 Å². The van der Waals surface area contributed by atoms with Crippen LogP contribution < -0.4 is 0 Å². The lowest BCUT2D eigenvalue weighted by Gasteiger charge is -2.19. The standard InChI is InChI=1S/C22H18BrFN2OS/c1-25(12-15-7-3-2-4-8-15)22(27)19-11-20-21(17(23)14-28-20)26(19)13-16-9-5-6-10-18(16)24/h2-11,14H,12-13H2,1H3. The molecule has 2 aromatic carbocycles. The number of carbonyl (C=O) groups excluding carboxylic acids is 1. The Morgan fingerprint density at radius 2 is 1.86 bits per heavy atom. The van der Waals surface area contributed by atoms with Gasteiger partial charge in [0.05, 0.1) is 21.2 Å². The van der Waals surface area contributed by atoms with Gasteiger partial charge in [-0.05, 0) is 33.6 Å². The van der Waals surface area contributed by atoms with Gasteiger partial charge in [0.25, 0.3) is 5.91 Å². The second kappa shape index (κ2) is 7.89. The molecule has 2 heterocycles. The summed E-state index contributed by atoms with van der Waals surface area (Å²) in [4.78, 5) is 14.9. The largest absolute Gasteiger partial charge is 0.336 e. The molecule has 28 heavy (non-hydrogen) atoms. The van der Waals surface area contributed by atoms with Crippen molar-refractivity contribution in [3.63, 3.8) is 0 Å². The number of carbonyl (C=O) groups is 1. The van der Waals surface area contributed by atoms with Gasteiger partial charge in [-0.3, -0.25) is 4.79 Å². The van der Waals surface area contributed by atoms with Crippen molar-refractivity contribution in [2.45, 2.75) is 13.1 Å². The van der Waals surface area contributed by atoms with Gasteiger partial charge in [0.1, 0.15) is 11.5 Å². The molecule has 0 unspecified atom stereocenters. The third-order valence-electron chi connectivity index (χ3n) is 4.69. The van der Waals surface area contributed by atoms with Gasteiger partial charge in [-0.1, -0.05) is 48.5 Å². The lowest BCUT2D eigenvalue weighted by atomic mass is 10.2. The van der Waals surface area contributed by atoms with Crippen molar-refractivity contribution in [1.82, 2.24) is 9.47 Å². The van der Waals surface area contributed by atoms with Crippen molar-refractivity contribution in [3.05, 3.63) is 93.2 Å². The van der Waals surface area contributed by atoms with Crippen molar-refractivity contribution in [1.29, 1.82) is 0 Å². The van der Waals surface area contributed by atoms with Crippen LogP contribution in [-0.2, 0) is 13.1 Å². The topological polar surface area (TPSA) is 25.2 Å². The molecule has 0 aliphatic heterocycles. The molecule has 0 bridgehead atoms. The molecule has 0 atom stereocenters. The molecular weight excluding hydrogens is 439 g/mol. The fraction of sp³-hybridized carbons (Fsp3) is 0.136. The third kappa shape index (κ3) is 3.62. The van der Waals surface area contributed by atoms with Crippen molar-refractivity contribution >= 4 is 43.4 Å². The Morgan fingerprint density at radius 3 is 2.61 bits per heavy atom.